The van der Waals surface area contributed by atoms with Crippen molar-refractivity contribution in [1.82, 2.24) is 24.0 Å². The first-order chi connectivity index (χ1) is 18.8. The minimum atomic E-state index is -0.404. The molecule has 204 valence electrons. The highest BCUT2D eigenvalue weighted by Gasteiger charge is 2.21. The number of aryl methyl sites for hydroxylation is 1. The molecule has 0 saturated carbocycles. The molecule has 5 rings (SSSR count). The molecule has 4 aromatic rings. The minimum Gasteiger partial charge on any atom is -0.373 e. The Morgan fingerprint density at radius 2 is 2.00 bits per heavy atom. The molecule has 12 heteroatoms. The molecule has 1 aliphatic heterocycles. The van der Waals surface area contributed by atoms with E-state index in [9.17, 15) is 4.79 Å². The van der Waals surface area contributed by atoms with Crippen LogP contribution in [0.4, 0.5) is 17.3 Å². The van der Waals surface area contributed by atoms with Crippen molar-refractivity contribution >= 4 is 62.5 Å². The van der Waals surface area contributed by atoms with Gasteiger partial charge in [-0.3, -0.25) is 9.98 Å². The molecule has 0 spiro atoms. The van der Waals surface area contributed by atoms with Crippen LogP contribution in [0.15, 0.2) is 53.5 Å². The number of ether oxygens (including phenoxy) is 1. The van der Waals surface area contributed by atoms with Gasteiger partial charge >= 0.3 is 5.69 Å². The number of likely N-dealkylation sites (N-methyl/N-ethyl adjacent to an activating group) is 1. The lowest BCUT2D eigenvalue weighted by Crippen LogP contribution is -2.46. The van der Waals surface area contributed by atoms with Crippen LogP contribution in [0.25, 0.3) is 16.7 Å². The summed E-state index contributed by atoms with van der Waals surface area (Å²) < 4.78 is 9.28. The molecule has 0 aliphatic carbocycles. The number of hydrogen-bond acceptors (Lipinski definition) is 8. The fraction of sp³-hybridized carbons (Fsp3) is 0.333. The van der Waals surface area contributed by atoms with E-state index in [2.05, 4.69) is 73.9 Å². The van der Waals surface area contributed by atoms with Gasteiger partial charge in [-0.1, -0.05) is 46.3 Å². The van der Waals surface area contributed by atoms with Gasteiger partial charge in [-0.25, -0.2) is 14.3 Å². The standard InChI is InChI=1S/C27H30ClIN8O2/c1-34(2)15-20-16-36(11-12-39-20)19-9-7-18(8-10-19)32-26-31-14-21-24(30)37(27(38)35(3)25(21)33-26)23-17(13-29)5-4-6-22(23)28/h4-10,14,20,30H,11-13,15-16H2,1-3H3,(H,31,32,33). The van der Waals surface area contributed by atoms with Gasteiger partial charge in [-0.05, 0) is 50.0 Å². The number of alkyl halides is 1. The van der Waals surface area contributed by atoms with Gasteiger partial charge in [0.05, 0.1) is 28.8 Å². The second-order valence-electron chi connectivity index (χ2n) is 9.71. The van der Waals surface area contributed by atoms with E-state index in [0.717, 1.165) is 36.6 Å². The van der Waals surface area contributed by atoms with E-state index in [-0.39, 0.29) is 11.6 Å². The Hall–Kier alpha value is -3.00. The summed E-state index contributed by atoms with van der Waals surface area (Å²) in [6.45, 7) is 3.28. The fourth-order valence-corrected chi connectivity index (χ4v) is 5.69. The number of benzene rings is 2. The number of para-hydroxylation sites is 1. The average Bonchev–Trinajstić information content (AvgIpc) is 2.93. The Balaban J connectivity index is 1.42. The maximum Gasteiger partial charge on any atom is 0.335 e. The number of morpholine rings is 1. The van der Waals surface area contributed by atoms with Crippen LogP contribution in [-0.4, -0.2) is 70.4 Å². The van der Waals surface area contributed by atoms with E-state index in [1.807, 2.05) is 24.3 Å². The number of aromatic nitrogens is 4. The van der Waals surface area contributed by atoms with Crippen molar-refractivity contribution in [2.24, 2.45) is 7.05 Å². The summed E-state index contributed by atoms with van der Waals surface area (Å²) in [5.74, 6) is 0.338. The second-order valence-corrected chi connectivity index (χ2v) is 10.9. The quantitative estimate of drug-likeness (QED) is 0.230. The zero-order valence-electron chi connectivity index (χ0n) is 22.0. The van der Waals surface area contributed by atoms with Crippen molar-refractivity contribution in [2.45, 2.75) is 10.5 Å². The highest BCUT2D eigenvalue weighted by atomic mass is 127. The van der Waals surface area contributed by atoms with Crippen LogP contribution in [0.1, 0.15) is 5.56 Å². The zero-order chi connectivity index (χ0) is 27.7. The summed E-state index contributed by atoms with van der Waals surface area (Å²) in [5.41, 5.74) is 3.27. The molecule has 1 fully saturated rings. The fourth-order valence-electron chi connectivity index (χ4n) is 4.79. The third-order valence-electron chi connectivity index (χ3n) is 6.68. The summed E-state index contributed by atoms with van der Waals surface area (Å²) in [6.07, 6.45) is 1.74. The Kier molecular flexibility index (Phi) is 8.21. The number of nitrogens with one attached hydrogen (secondary N) is 2. The molecule has 1 saturated heterocycles. The first kappa shape index (κ1) is 27.6. The lowest BCUT2D eigenvalue weighted by molar-refractivity contribution is 0.0248. The normalized spacial score (nSPS) is 15.7. The monoisotopic (exact) mass is 660 g/mol. The predicted octanol–water partition coefficient (Wildman–Crippen LogP) is 3.70. The SMILES string of the molecule is CN(C)CC1CN(c2ccc(Nc3ncc4c(=N)n(-c5c(Cl)cccc5CI)c(=O)n(C)c4n3)cc2)CCO1. The van der Waals surface area contributed by atoms with Crippen molar-refractivity contribution in [3.63, 3.8) is 0 Å². The maximum absolute atomic E-state index is 13.4. The molecule has 3 heterocycles. The molecule has 1 atom stereocenters. The van der Waals surface area contributed by atoms with Crippen molar-refractivity contribution in [3.05, 3.63) is 75.2 Å². The number of fused-ring (bicyclic) bond motifs is 1. The van der Waals surface area contributed by atoms with Crippen molar-refractivity contribution < 1.29 is 4.74 Å². The summed E-state index contributed by atoms with van der Waals surface area (Å²) >= 11 is 8.71. The van der Waals surface area contributed by atoms with Gasteiger partial charge in [-0.2, -0.15) is 4.98 Å². The van der Waals surface area contributed by atoms with Gasteiger partial charge in [0.1, 0.15) is 5.49 Å². The molecular formula is C27H30ClIN8O2. The van der Waals surface area contributed by atoms with Gasteiger partial charge in [0.2, 0.25) is 5.95 Å². The van der Waals surface area contributed by atoms with E-state index in [1.54, 1.807) is 19.3 Å². The predicted molar refractivity (Wildman–Crippen MR) is 163 cm³/mol. The molecular weight excluding hydrogens is 631 g/mol. The molecule has 2 N–H and O–H groups in total. The summed E-state index contributed by atoms with van der Waals surface area (Å²) in [5, 5.41) is 12.9. The van der Waals surface area contributed by atoms with Crippen LogP contribution in [0.2, 0.25) is 5.02 Å². The maximum atomic E-state index is 13.4. The van der Waals surface area contributed by atoms with Crippen molar-refractivity contribution in [1.29, 1.82) is 5.41 Å². The highest BCUT2D eigenvalue weighted by molar-refractivity contribution is 14.1. The van der Waals surface area contributed by atoms with Crippen LogP contribution in [0.5, 0.6) is 0 Å². The zero-order valence-corrected chi connectivity index (χ0v) is 24.9. The lowest BCUT2D eigenvalue weighted by atomic mass is 10.2. The van der Waals surface area contributed by atoms with Crippen LogP contribution < -0.4 is 21.4 Å². The van der Waals surface area contributed by atoms with Gasteiger partial charge in [0.25, 0.3) is 0 Å². The molecule has 1 unspecified atom stereocenters. The first-order valence-corrected chi connectivity index (χ1v) is 14.4. The number of rotatable bonds is 7. The van der Waals surface area contributed by atoms with Crippen LogP contribution in [0.3, 0.4) is 0 Å². The van der Waals surface area contributed by atoms with Gasteiger partial charge < -0.3 is 19.9 Å². The number of nitrogens with zero attached hydrogens (tertiary/aromatic N) is 6. The first-order valence-electron chi connectivity index (χ1n) is 12.5. The second kappa shape index (κ2) is 11.6. The van der Waals surface area contributed by atoms with Crippen LogP contribution >= 0.6 is 34.2 Å². The average molecular weight is 661 g/mol. The molecule has 2 aromatic heterocycles. The minimum absolute atomic E-state index is 0.0127. The topological polar surface area (TPSA) is 104 Å². The number of anilines is 3. The Labute approximate surface area is 244 Å². The Morgan fingerprint density at radius 3 is 2.72 bits per heavy atom. The smallest absolute Gasteiger partial charge is 0.335 e. The Morgan fingerprint density at radius 1 is 1.23 bits per heavy atom. The van der Waals surface area contributed by atoms with Gasteiger partial charge in [0, 0.05) is 48.7 Å². The molecule has 2 aromatic carbocycles. The lowest BCUT2D eigenvalue weighted by Gasteiger charge is -2.35. The van der Waals surface area contributed by atoms with Crippen LogP contribution in [-0.2, 0) is 16.2 Å². The molecule has 1 aliphatic rings. The van der Waals surface area contributed by atoms with Crippen molar-refractivity contribution in [3.8, 4) is 5.69 Å². The highest BCUT2D eigenvalue weighted by Crippen LogP contribution is 2.25. The van der Waals surface area contributed by atoms with Crippen molar-refractivity contribution in [2.75, 3.05) is 50.6 Å². The number of halogens is 2. The Bertz CT molecular complexity index is 1620. The van der Waals surface area contributed by atoms with E-state index in [4.69, 9.17) is 21.7 Å². The largest absolute Gasteiger partial charge is 0.373 e. The van der Waals surface area contributed by atoms with E-state index < -0.39 is 5.69 Å². The van der Waals surface area contributed by atoms with Gasteiger partial charge in [0.15, 0.2) is 5.65 Å². The molecule has 0 bridgehead atoms. The molecule has 0 radical (unpaired) electrons. The summed E-state index contributed by atoms with van der Waals surface area (Å²) in [7, 11) is 5.75. The third-order valence-corrected chi connectivity index (χ3v) is 7.80. The molecule has 0 amide bonds. The van der Waals surface area contributed by atoms with E-state index in [1.165, 1.54) is 9.13 Å². The molecule has 39 heavy (non-hydrogen) atoms. The van der Waals surface area contributed by atoms with E-state index >= 15 is 0 Å². The van der Waals surface area contributed by atoms with E-state index in [0.29, 0.717) is 38.7 Å². The third kappa shape index (κ3) is 5.67. The number of hydrogen-bond donors (Lipinski definition) is 2. The summed E-state index contributed by atoms with van der Waals surface area (Å²) in [6, 6.07) is 13.6. The molecule has 10 nitrogen and oxygen atoms in total. The summed E-state index contributed by atoms with van der Waals surface area (Å²) in [4.78, 5) is 26.9. The van der Waals surface area contributed by atoms with Crippen LogP contribution in [0, 0.1) is 5.41 Å². The van der Waals surface area contributed by atoms with Gasteiger partial charge in [-0.15, -0.1) is 0 Å².